The molecule has 3 amide bonds. The Labute approximate surface area is 300 Å². The van der Waals surface area contributed by atoms with Crippen LogP contribution >= 0.6 is 7.14 Å². The van der Waals surface area contributed by atoms with Crippen LogP contribution < -0.4 is 29.6 Å². The van der Waals surface area contributed by atoms with Gasteiger partial charge >= 0.3 is 0 Å². The molecule has 2 aromatic rings. The SMILES string of the molecule is C=C1C[C@H]2C(=O)Nc3cc(OCCP(=O)(CCO)CCOc4cc5c(cc4OC)C(=O)N4CC(=C)C[C@H]4C(S(=O)(=O)O)N5)c(OC)cc3C(=O)N2C1. The van der Waals surface area contributed by atoms with Crippen LogP contribution in [0.25, 0.3) is 0 Å². The largest absolute Gasteiger partial charge is 0.493 e. The molecule has 16 nitrogen and oxygen atoms in total. The highest BCUT2D eigenvalue weighted by atomic mass is 32.2. The third kappa shape index (κ3) is 7.22. The van der Waals surface area contributed by atoms with Crippen LogP contribution in [-0.4, -0.2) is 129 Å². The number of ether oxygens (including phenoxy) is 4. The van der Waals surface area contributed by atoms with Crippen molar-refractivity contribution in [2.24, 2.45) is 0 Å². The molecule has 4 atom stereocenters. The van der Waals surface area contributed by atoms with E-state index in [1.165, 1.54) is 48.3 Å². The van der Waals surface area contributed by atoms with E-state index < -0.39 is 40.6 Å². The topological polar surface area (TPSA) is 210 Å². The van der Waals surface area contributed by atoms with Crippen molar-refractivity contribution in [3.05, 3.63) is 59.7 Å². The first-order chi connectivity index (χ1) is 24.7. The highest BCUT2D eigenvalue weighted by Crippen LogP contribution is 2.46. The quantitative estimate of drug-likeness (QED) is 0.132. The summed E-state index contributed by atoms with van der Waals surface area (Å²) in [6, 6.07) is 4.26. The number of hydrogen-bond donors (Lipinski definition) is 4. The van der Waals surface area contributed by atoms with Crippen LogP contribution in [0.5, 0.6) is 23.0 Å². The number of nitrogens with zero attached hydrogens (tertiary/aromatic N) is 2. The lowest BCUT2D eigenvalue weighted by atomic mass is 10.1. The lowest BCUT2D eigenvalue weighted by Gasteiger charge is -2.26. The molecule has 4 aliphatic rings. The predicted molar refractivity (Wildman–Crippen MR) is 191 cm³/mol. The van der Waals surface area contributed by atoms with Crippen molar-refractivity contribution in [2.45, 2.75) is 30.3 Å². The number of fused-ring (bicyclic) bond motifs is 4. The summed E-state index contributed by atoms with van der Waals surface area (Å²) in [5.41, 5.74) is 2.16. The van der Waals surface area contributed by atoms with E-state index in [9.17, 15) is 37.0 Å². The van der Waals surface area contributed by atoms with Crippen LogP contribution in [0.2, 0.25) is 0 Å². The summed E-state index contributed by atoms with van der Waals surface area (Å²) >= 11 is 0. The number of carbonyl (C=O) groups excluding carboxylic acids is 3. The maximum Gasteiger partial charge on any atom is 0.288 e. The molecule has 280 valence electrons. The minimum Gasteiger partial charge on any atom is -0.493 e. The predicted octanol–water partition coefficient (Wildman–Crippen LogP) is 2.65. The number of methoxy groups -OCH3 is 2. The molecular formula is C34H41N4O12PS. The first-order valence-corrected chi connectivity index (χ1v) is 20.3. The summed E-state index contributed by atoms with van der Waals surface area (Å²) < 4.78 is 71.7. The fourth-order valence-corrected chi connectivity index (χ4v) is 9.82. The zero-order valence-corrected chi connectivity index (χ0v) is 30.5. The van der Waals surface area contributed by atoms with Gasteiger partial charge in [-0.15, -0.1) is 0 Å². The van der Waals surface area contributed by atoms with Gasteiger partial charge in [0.15, 0.2) is 28.4 Å². The summed E-state index contributed by atoms with van der Waals surface area (Å²) in [5, 5.41) is 13.8. The molecule has 18 heteroatoms. The van der Waals surface area contributed by atoms with E-state index in [0.29, 0.717) is 12.0 Å². The van der Waals surface area contributed by atoms with Gasteiger partial charge in [-0.25, -0.2) is 0 Å². The van der Waals surface area contributed by atoms with Gasteiger partial charge in [-0.05, 0) is 25.0 Å². The van der Waals surface area contributed by atoms with Crippen molar-refractivity contribution in [2.75, 3.05) is 76.2 Å². The number of anilines is 2. The first-order valence-electron chi connectivity index (χ1n) is 16.5. The maximum absolute atomic E-state index is 14.0. The normalized spacial score (nSPS) is 22.2. The van der Waals surface area contributed by atoms with E-state index in [4.69, 9.17) is 18.9 Å². The molecule has 2 unspecified atom stereocenters. The van der Waals surface area contributed by atoms with Crippen LogP contribution in [0.1, 0.15) is 33.6 Å². The van der Waals surface area contributed by atoms with Crippen LogP contribution in [0.3, 0.4) is 0 Å². The van der Waals surface area contributed by atoms with Gasteiger partial charge in [-0.2, -0.15) is 8.42 Å². The number of carbonyl (C=O) groups is 3. The van der Waals surface area contributed by atoms with Gasteiger partial charge in [0.25, 0.3) is 21.9 Å². The van der Waals surface area contributed by atoms with Gasteiger partial charge in [0.1, 0.15) is 6.04 Å². The molecule has 52 heavy (non-hydrogen) atoms. The minimum absolute atomic E-state index is 0.0174. The van der Waals surface area contributed by atoms with E-state index >= 15 is 0 Å². The molecule has 0 aromatic heterocycles. The second-order valence-corrected chi connectivity index (χ2v) is 18.2. The van der Waals surface area contributed by atoms with Gasteiger partial charge in [-0.3, -0.25) is 18.9 Å². The number of rotatable bonds is 13. The van der Waals surface area contributed by atoms with E-state index in [1.54, 1.807) is 0 Å². The van der Waals surface area contributed by atoms with Gasteiger partial charge < -0.3 is 49.1 Å². The monoisotopic (exact) mass is 760 g/mol. The Morgan fingerprint density at radius 2 is 1.37 bits per heavy atom. The van der Waals surface area contributed by atoms with E-state index in [0.717, 1.165) is 5.57 Å². The average Bonchev–Trinajstić information content (AvgIpc) is 3.63. The number of benzene rings is 2. The third-order valence-corrected chi connectivity index (χ3v) is 13.8. The molecule has 4 heterocycles. The van der Waals surface area contributed by atoms with Gasteiger partial charge in [0.2, 0.25) is 5.91 Å². The second-order valence-electron chi connectivity index (χ2n) is 13.2. The fraction of sp³-hybridized carbons (Fsp3) is 0.441. The van der Waals surface area contributed by atoms with Crippen molar-refractivity contribution in [1.82, 2.24) is 9.80 Å². The Morgan fingerprint density at radius 1 is 0.827 bits per heavy atom. The molecule has 2 fully saturated rings. The van der Waals surface area contributed by atoms with Crippen LogP contribution in [0.15, 0.2) is 48.6 Å². The van der Waals surface area contributed by atoms with Gasteiger partial charge in [0, 0.05) is 50.3 Å². The second kappa shape index (κ2) is 14.5. The molecule has 0 spiro atoms. The molecule has 0 saturated carbocycles. The van der Waals surface area contributed by atoms with Crippen molar-refractivity contribution in [3.8, 4) is 23.0 Å². The molecule has 4 N–H and O–H groups in total. The molecule has 0 aliphatic carbocycles. The highest BCUT2D eigenvalue weighted by Gasteiger charge is 2.46. The van der Waals surface area contributed by atoms with E-state index in [2.05, 4.69) is 23.8 Å². The Balaban J connectivity index is 1.15. The van der Waals surface area contributed by atoms with E-state index in [-0.39, 0.29) is 115 Å². The number of amides is 3. The fourth-order valence-electron chi connectivity index (χ4n) is 7.02. The molecule has 2 saturated heterocycles. The molecular weight excluding hydrogens is 719 g/mol. The maximum atomic E-state index is 14.0. The molecule has 0 bridgehead atoms. The smallest absolute Gasteiger partial charge is 0.288 e. The average molecular weight is 761 g/mol. The van der Waals surface area contributed by atoms with Crippen molar-refractivity contribution in [1.29, 1.82) is 0 Å². The zero-order chi connectivity index (χ0) is 37.5. The number of nitrogens with one attached hydrogen (secondary N) is 2. The van der Waals surface area contributed by atoms with Gasteiger partial charge in [-0.1, -0.05) is 24.3 Å². The van der Waals surface area contributed by atoms with Crippen molar-refractivity contribution in [3.63, 3.8) is 0 Å². The molecule has 2 aromatic carbocycles. The number of aliphatic hydroxyl groups is 1. The number of aliphatic hydroxyl groups excluding tert-OH is 1. The number of hydrogen-bond acceptors (Lipinski definition) is 12. The van der Waals surface area contributed by atoms with Crippen LogP contribution in [0, 0.1) is 0 Å². The van der Waals surface area contributed by atoms with E-state index in [1.807, 2.05) is 0 Å². The van der Waals surface area contributed by atoms with Crippen molar-refractivity contribution < 1.29 is 56.0 Å². The Hall–Kier alpha value is -4.57. The summed E-state index contributed by atoms with van der Waals surface area (Å²) in [5.74, 6) is -0.397. The lowest BCUT2D eigenvalue weighted by Crippen LogP contribution is -2.47. The van der Waals surface area contributed by atoms with Crippen molar-refractivity contribution >= 4 is 46.4 Å². The zero-order valence-electron chi connectivity index (χ0n) is 28.8. The Morgan fingerprint density at radius 3 is 1.94 bits per heavy atom. The molecule has 6 rings (SSSR count). The lowest BCUT2D eigenvalue weighted by molar-refractivity contribution is -0.119. The van der Waals surface area contributed by atoms with Crippen LogP contribution in [0.4, 0.5) is 11.4 Å². The first kappa shape index (κ1) is 37.2. The standard InChI is InChI=1S/C34H41N4O12PS/c1-19-11-25-31(40)35-23-15-29(27(47-3)13-21(23)33(41)37(25)17-19)49-6-9-51(43,8-5-39)10-7-50-30-16-24-22(14-28(30)48-4)34(42)38-18-20(2)12-26(38)32(36-24)52(44,45)46/h13-16,25-26,32,36,39H,1-2,5-12,17-18H2,3-4H3,(H,35,40)(H,44,45,46)/t25-,26-,32?,51?/m0/s1. The minimum atomic E-state index is -4.65. The summed E-state index contributed by atoms with van der Waals surface area (Å²) in [6.45, 7) is 7.70. The molecule has 0 radical (unpaired) electrons. The Bertz CT molecular complexity index is 2000. The van der Waals surface area contributed by atoms with Crippen LogP contribution in [-0.2, 0) is 19.5 Å². The summed E-state index contributed by atoms with van der Waals surface area (Å²) in [7, 11) is -4.98. The summed E-state index contributed by atoms with van der Waals surface area (Å²) in [4.78, 5) is 42.6. The molecule has 4 aliphatic heterocycles. The highest BCUT2D eigenvalue weighted by molar-refractivity contribution is 7.86. The third-order valence-electron chi connectivity index (χ3n) is 9.68. The summed E-state index contributed by atoms with van der Waals surface area (Å²) in [6.07, 6.45) is 0.590. The van der Waals surface area contributed by atoms with Gasteiger partial charge in [0.05, 0.1) is 63.1 Å². The Kier molecular flexibility index (Phi) is 10.3.